The Bertz CT molecular complexity index is 456. The molecule has 2 N–H and O–H groups in total. The Hall–Kier alpha value is -1.88. The molecule has 1 saturated heterocycles. The molecule has 0 aromatic heterocycles. The van der Waals surface area contributed by atoms with Crippen LogP contribution >= 0.6 is 0 Å². The van der Waals surface area contributed by atoms with Crippen molar-refractivity contribution in [2.45, 2.75) is 19.4 Å². The number of rotatable bonds is 2. The summed E-state index contributed by atoms with van der Waals surface area (Å²) in [5.41, 5.74) is 1.26. The van der Waals surface area contributed by atoms with Gasteiger partial charge in [0.05, 0.1) is 6.10 Å². The molecule has 1 aliphatic heterocycles. The number of nitrogens with zero attached hydrogens (tertiary/aromatic N) is 1. The summed E-state index contributed by atoms with van der Waals surface area (Å²) < 4.78 is 0. The molecule has 0 spiro atoms. The van der Waals surface area contributed by atoms with Crippen LogP contribution in [-0.4, -0.2) is 41.0 Å². The first-order chi connectivity index (χ1) is 8.56. The number of nitrogens with one attached hydrogen (secondary N) is 1. The monoisotopic (exact) mass is 248 g/mol. The highest BCUT2D eigenvalue weighted by Crippen LogP contribution is 2.14. The fourth-order valence-electron chi connectivity index (χ4n) is 1.92. The third kappa shape index (κ3) is 2.87. The van der Waals surface area contributed by atoms with Crippen molar-refractivity contribution >= 4 is 17.5 Å². The van der Waals surface area contributed by atoms with Crippen LogP contribution in [0.3, 0.4) is 0 Å². The number of carbonyl (C=O) groups excluding carboxylic acids is 2. The Labute approximate surface area is 105 Å². The number of anilines is 1. The van der Waals surface area contributed by atoms with E-state index in [2.05, 4.69) is 5.32 Å². The van der Waals surface area contributed by atoms with E-state index in [-0.39, 0.29) is 11.8 Å². The minimum atomic E-state index is -0.421. The van der Waals surface area contributed by atoms with Gasteiger partial charge in [-0.25, -0.2) is 4.79 Å². The van der Waals surface area contributed by atoms with Crippen molar-refractivity contribution in [3.05, 3.63) is 29.8 Å². The van der Waals surface area contributed by atoms with Crippen molar-refractivity contribution in [2.24, 2.45) is 0 Å². The lowest BCUT2D eigenvalue weighted by molar-refractivity contribution is 0.101. The Kier molecular flexibility index (Phi) is 3.62. The normalized spacial score (nSPS) is 18.8. The summed E-state index contributed by atoms with van der Waals surface area (Å²) in [5, 5.41) is 12.1. The summed E-state index contributed by atoms with van der Waals surface area (Å²) in [6, 6.07) is 6.53. The molecule has 2 rings (SSSR count). The lowest BCUT2D eigenvalue weighted by Crippen LogP contribution is -2.33. The van der Waals surface area contributed by atoms with E-state index in [0.717, 1.165) is 0 Å². The Morgan fingerprint density at radius 3 is 2.50 bits per heavy atom. The van der Waals surface area contributed by atoms with Crippen LogP contribution < -0.4 is 5.32 Å². The number of ketones is 1. The third-order valence-corrected chi connectivity index (χ3v) is 2.99. The third-order valence-electron chi connectivity index (χ3n) is 2.99. The molecule has 0 unspecified atom stereocenters. The average Bonchev–Trinajstić information content (AvgIpc) is 2.76. The highest BCUT2D eigenvalue weighted by molar-refractivity contribution is 5.95. The van der Waals surface area contributed by atoms with E-state index in [1.54, 1.807) is 29.2 Å². The Morgan fingerprint density at radius 2 is 2.00 bits per heavy atom. The van der Waals surface area contributed by atoms with E-state index in [9.17, 15) is 14.7 Å². The maximum Gasteiger partial charge on any atom is 0.321 e. The van der Waals surface area contributed by atoms with Gasteiger partial charge in [-0.2, -0.15) is 0 Å². The molecule has 1 aliphatic rings. The number of carbonyl (C=O) groups is 2. The highest BCUT2D eigenvalue weighted by Gasteiger charge is 2.24. The number of β-amino-alcohol motifs (C(OH)–C–C–N with tert-alkyl or cyclic N) is 1. The van der Waals surface area contributed by atoms with Crippen molar-refractivity contribution in [2.75, 3.05) is 18.4 Å². The number of Topliss-reactive ketones (excluding diaryl/α,β-unsaturated/α-hetero) is 1. The zero-order chi connectivity index (χ0) is 13.1. The second-order valence-electron chi connectivity index (χ2n) is 4.45. The van der Waals surface area contributed by atoms with Crippen molar-refractivity contribution in [1.29, 1.82) is 0 Å². The van der Waals surface area contributed by atoms with E-state index < -0.39 is 6.10 Å². The van der Waals surface area contributed by atoms with E-state index in [1.165, 1.54) is 6.92 Å². The molecular formula is C13H16N2O3. The Morgan fingerprint density at radius 1 is 1.33 bits per heavy atom. The molecule has 1 fully saturated rings. The number of benzene rings is 1. The van der Waals surface area contributed by atoms with E-state index in [4.69, 9.17) is 0 Å². The molecule has 1 aromatic carbocycles. The van der Waals surface area contributed by atoms with Gasteiger partial charge in [-0.3, -0.25) is 4.79 Å². The van der Waals surface area contributed by atoms with Crippen LogP contribution in [0.5, 0.6) is 0 Å². The summed E-state index contributed by atoms with van der Waals surface area (Å²) in [4.78, 5) is 24.5. The maximum atomic E-state index is 11.8. The number of aliphatic hydroxyl groups is 1. The lowest BCUT2D eigenvalue weighted by Gasteiger charge is -2.16. The molecule has 18 heavy (non-hydrogen) atoms. The van der Waals surface area contributed by atoms with Gasteiger partial charge in [-0.15, -0.1) is 0 Å². The van der Waals surface area contributed by atoms with Gasteiger partial charge in [0.1, 0.15) is 0 Å². The van der Waals surface area contributed by atoms with E-state index >= 15 is 0 Å². The van der Waals surface area contributed by atoms with Gasteiger partial charge < -0.3 is 15.3 Å². The summed E-state index contributed by atoms with van der Waals surface area (Å²) in [6.07, 6.45) is 0.201. The quantitative estimate of drug-likeness (QED) is 0.779. The largest absolute Gasteiger partial charge is 0.391 e. The zero-order valence-corrected chi connectivity index (χ0v) is 10.2. The van der Waals surface area contributed by atoms with Gasteiger partial charge in [0.15, 0.2) is 5.78 Å². The van der Waals surface area contributed by atoms with Gasteiger partial charge in [0.2, 0.25) is 0 Å². The molecule has 0 saturated carbocycles. The molecule has 1 heterocycles. The minimum Gasteiger partial charge on any atom is -0.391 e. The van der Waals surface area contributed by atoms with Crippen LogP contribution in [0.1, 0.15) is 23.7 Å². The molecule has 96 valence electrons. The minimum absolute atomic E-state index is 0.00413. The smallest absolute Gasteiger partial charge is 0.321 e. The van der Waals surface area contributed by atoms with Gasteiger partial charge in [0, 0.05) is 24.3 Å². The maximum absolute atomic E-state index is 11.8. The van der Waals surface area contributed by atoms with Crippen LogP contribution in [0.25, 0.3) is 0 Å². The second-order valence-corrected chi connectivity index (χ2v) is 4.45. The average molecular weight is 248 g/mol. The predicted molar refractivity (Wildman–Crippen MR) is 67.7 cm³/mol. The predicted octanol–water partition coefficient (Wildman–Crippen LogP) is 1.49. The molecule has 0 bridgehead atoms. The zero-order valence-electron chi connectivity index (χ0n) is 10.2. The molecule has 0 radical (unpaired) electrons. The number of amides is 2. The first-order valence-electron chi connectivity index (χ1n) is 5.91. The first kappa shape index (κ1) is 12.6. The standard InChI is InChI=1S/C13H16N2O3/c1-9(16)10-2-4-11(5-3-10)14-13(18)15-7-6-12(17)8-15/h2-5,12,17H,6-8H2,1H3,(H,14,18)/t12-/m0/s1. The van der Waals surface area contributed by atoms with Crippen molar-refractivity contribution in [3.63, 3.8) is 0 Å². The molecule has 2 amide bonds. The number of hydrogen-bond acceptors (Lipinski definition) is 3. The van der Waals surface area contributed by atoms with E-state index in [1.807, 2.05) is 0 Å². The van der Waals surface area contributed by atoms with Gasteiger partial charge in [0.25, 0.3) is 0 Å². The molecule has 5 heteroatoms. The van der Waals surface area contributed by atoms with Crippen LogP contribution in [0.15, 0.2) is 24.3 Å². The van der Waals surface area contributed by atoms with Crippen molar-refractivity contribution in [1.82, 2.24) is 4.90 Å². The fraction of sp³-hybridized carbons (Fsp3) is 0.385. The van der Waals surface area contributed by atoms with Crippen molar-refractivity contribution < 1.29 is 14.7 Å². The number of likely N-dealkylation sites (tertiary alicyclic amines) is 1. The van der Waals surface area contributed by atoms with Crippen LogP contribution in [0, 0.1) is 0 Å². The van der Waals surface area contributed by atoms with Crippen LogP contribution in [0.4, 0.5) is 10.5 Å². The lowest BCUT2D eigenvalue weighted by atomic mass is 10.1. The number of urea groups is 1. The summed E-state index contributed by atoms with van der Waals surface area (Å²) in [7, 11) is 0. The summed E-state index contributed by atoms with van der Waals surface area (Å²) in [6.45, 7) is 2.44. The second kappa shape index (κ2) is 5.18. The fourth-order valence-corrected chi connectivity index (χ4v) is 1.92. The van der Waals surface area contributed by atoms with Gasteiger partial charge >= 0.3 is 6.03 Å². The van der Waals surface area contributed by atoms with Crippen LogP contribution in [0.2, 0.25) is 0 Å². The SMILES string of the molecule is CC(=O)c1ccc(NC(=O)N2CC[C@H](O)C2)cc1. The highest BCUT2D eigenvalue weighted by atomic mass is 16.3. The topological polar surface area (TPSA) is 69.6 Å². The summed E-state index contributed by atoms with van der Waals surface area (Å²) >= 11 is 0. The first-order valence-corrected chi connectivity index (χ1v) is 5.91. The Balaban J connectivity index is 1.97. The molecule has 5 nitrogen and oxygen atoms in total. The van der Waals surface area contributed by atoms with Gasteiger partial charge in [-0.05, 0) is 37.6 Å². The molecule has 1 atom stereocenters. The van der Waals surface area contributed by atoms with Crippen LogP contribution in [-0.2, 0) is 0 Å². The van der Waals surface area contributed by atoms with Crippen molar-refractivity contribution in [3.8, 4) is 0 Å². The van der Waals surface area contributed by atoms with E-state index in [0.29, 0.717) is 30.8 Å². The summed E-state index contributed by atoms with van der Waals surface area (Å²) in [5.74, 6) is -0.00413. The molecule has 1 aromatic rings. The number of hydrogen-bond donors (Lipinski definition) is 2. The number of aliphatic hydroxyl groups excluding tert-OH is 1. The molecular weight excluding hydrogens is 232 g/mol. The molecule has 0 aliphatic carbocycles. The van der Waals surface area contributed by atoms with Gasteiger partial charge in [-0.1, -0.05) is 0 Å².